The summed E-state index contributed by atoms with van der Waals surface area (Å²) < 4.78 is 6.43. The van der Waals surface area contributed by atoms with Gasteiger partial charge in [-0.2, -0.15) is 5.10 Å². The van der Waals surface area contributed by atoms with Crippen LogP contribution >= 0.6 is 11.6 Å². The van der Waals surface area contributed by atoms with Crippen LogP contribution in [0.1, 0.15) is 19.5 Å². The molecular weight excluding hydrogens is 204 g/mol. The molecule has 78 valence electrons. The number of carbonyl (C=O) groups excluding carboxylic acids is 1. The number of rotatable bonds is 3. The molecule has 1 heterocycles. The molecule has 0 amide bonds. The smallest absolute Gasteiger partial charge is 0.328 e. The minimum Gasteiger partial charge on any atom is -0.462 e. The van der Waals surface area contributed by atoms with Crippen molar-refractivity contribution >= 4 is 17.6 Å². The predicted octanol–water partition coefficient (Wildman–Crippen LogP) is 1.80. The zero-order chi connectivity index (χ0) is 10.7. The van der Waals surface area contributed by atoms with Crippen LogP contribution in [0.4, 0.5) is 0 Å². The quantitative estimate of drug-likeness (QED) is 0.724. The number of nitrogens with zero attached hydrogens (tertiary/aromatic N) is 2. The summed E-state index contributed by atoms with van der Waals surface area (Å²) in [6.45, 7) is 5.50. The zero-order valence-corrected chi connectivity index (χ0v) is 9.21. The maximum atomic E-state index is 11.2. The van der Waals surface area contributed by atoms with E-state index < -0.39 is 0 Å². The minimum absolute atomic E-state index is 0.102. The van der Waals surface area contributed by atoms with Crippen molar-refractivity contribution in [2.24, 2.45) is 0 Å². The van der Waals surface area contributed by atoms with Crippen LogP contribution in [-0.2, 0) is 16.1 Å². The van der Waals surface area contributed by atoms with Crippen molar-refractivity contribution in [1.82, 2.24) is 9.78 Å². The first kappa shape index (κ1) is 11.0. The molecule has 1 rings (SSSR count). The summed E-state index contributed by atoms with van der Waals surface area (Å²) in [5.41, 5.74) is 0.712. The molecule has 0 saturated heterocycles. The molecule has 1 aromatic rings. The molecule has 0 fully saturated rings. The fourth-order valence-corrected chi connectivity index (χ4v) is 1.16. The molecule has 0 atom stereocenters. The van der Waals surface area contributed by atoms with Gasteiger partial charge in [0.05, 0.1) is 16.8 Å². The molecule has 14 heavy (non-hydrogen) atoms. The highest BCUT2D eigenvalue weighted by Gasteiger charge is 2.08. The second-order valence-corrected chi connectivity index (χ2v) is 3.71. The van der Waals surface area contributed by atoms with Crippen molar-refractivity contribution < 1.29 is 9.53 Å². The Labute approximate surface area is 87.8 Å². The number of carbonyl (C=O) groups is 1. The summed E-state index contributed by atoms with van der Waals surface area (Å²) in [6.07, 6.45) is 1.51. The molecule has 5 heteroatoms. The zero-order valence-electron chi connectivity index (χ0n) is 8.45. The molecule has 1 aromatic heterocycles. The maximum absolute atomic E-state index is 11.2. The highest BCUT2D eigenvalue weighted by Crippen LogP contribution is 2.11. The van der Waals surface area contributed by atoms with Gasteiger partial charge < -0.3 is 4.74 Å². The van der Waals surface area contributed by atoms with Crippen LogP contribution in [0.2, 0.25) is 5.02 Å². The minimum atomic E-state index is -0.306. The Bertz CT molecular complexity index is 314. The SMILES string of the molecule is Cc1nn(CC(=O)OC(C)C)cc1Cl. The summed E-state index contributed by atoms with van der Waals surface area (Å²) in [5, 5.41) is 4.60. The Morgan fingerprint density at radius 1 is 1.71 bits per heavy atom. The Morgan fingerprint density at radius 3 is 2.79 bits per heavy atom. The van der Waals surface area contributed by atoms with Crippen LogP contribution in [-0.4, -0.2) is 21.9 Å². The normalized spacial score (nSPS) is 10.6. The van der Waals surface area contributed by atoms with Crippen LogP contribution < -0.4 is 0 Å². The Balaban J connectivity index is 2.56. The van der Waals surface area contributed by atoms with Gasteiger partial charge in [0.1, 0.15) is 6.54 Å². The molecular formula is C9H13ClN2O2. The summed E-state index contributed by atoms with van der Waals surface area (Å²) in [7, 11) is 0. The third-order valence-electron chi connectivity index (χ3n) is 1.54. The summed E-state index contributed by atoms with van der Waals surface area (Å²) in [5.74, 6) is -0.306. The van der Waals surface area contributed by atoms with Crippen LogP contribution in [0.3, 0.4) is 0 Å². The molecule has 0 spiro atoms. The van der Waals surface area contributed by atoms with Crippen LogP contribution in [0.15, 0.2) is 6.20 Å². The monoisotopic (exact) mass is 216 g/mol. The van der Waals surface area contributed by atoms with E-state index in [9.17, 15) is 4.79 Å². The van der Waals surface area contributed by atoms with E-state index in [4.69, 9.17) is 16.3 Å². The topological polar surface area (TPSA) is 44.1 Å². The first-order chi connectivity index (χ1) is 6.49. The number of halogens is 1. The Morgan fingerprint density at radius 2 is 2.36 bits per heavy atom. The van der Waals surface area contributed by atoms with E-state index in [-0.39, 0.29) is 18.6 Å². The van der Waals surface area contributed by atoms with Crippen LogP contribution in [0.5, 0.6) is 0 Å². The van der Waals surface area contributed by atoms with E-state index in [0.717, 1.165) is 0 Å². The van der Waals surface area contributed by atoms with Crippen molar-refractivity contribution in [1.29, 1.82) is 0 Å². The van der Waals surface area contributed by atoms with Gasteiger partial charge >= 0.3 is 5.97 Å². The molecule has 0 aliphatic heterocycles. The fraction of sp³-hybridized carbons (Fsp3) is 0.556. The van der Waals surface area contributed by atoms with Crippen molar-refractivity contribution in [3.8, 4) is 0 Å². The Hall–Kier alpha value is -1.03. The Kier molecular flexibility index (Phi) is 3.52. The van der Waals surface area contributed by atoms with Gasteiger partial charge in [-0.25, -0.2) is 0 Å². The van der Waals surface area contributed by atoms with Crippen LogP contribution in [0.25, 0.3) is 0 Å². The first-order valence-corrected chi connectivity index (χ1v) is 4.76. The lowest BCUT2D eigenvalue weighted by Crippen LogP contribution is -2.17. The van der Waals surface area contributed by atoms with E-state index in [0.29, 0.717) is 10.7 Å². The summed E-state index contributed by atoms with van der Waals surface area (Å²) >= 11 is 5.78. The average Bonchev–Trinajstić information content (AvgIpc) is 2.28. The molecule has 4 nitrogen and oxygen atoms in total. The van der Waals surface area contributed by atoms with Gasteiger partial charge in [0.2, 0.25) is 0 Å². The number of hydrogen-bond acceptors (Lipinski definition) is 3. The highest BCUT2D eigenvalue weighted by molar-refractivity contribution is 6.31. The van der Waals surface area contributed by atoms with Crippen molar-refractivity contribution in [2.45, 2.75) is 33.4 Å². The molecule has 0 aliphatic rings. The summed E-state index contributed by atoms with van der Waals surface area (Å²) in [4.78, 5) is 11.2. The van der Waals surface area contributed by atoms with Gasteiger partial charge in [0, 0.05) is 6.20 Å². The second-order valence-electron chi connectivity index (χ2n) is 3.30. The number of ether oxygens (including phenoxy) is 1. The molecule has 0 N–H and O–H groups in total. The lowest BCUT2D eigenvalue weighted by atomic mass is 10.5. The van der Waals surface area contributed by atoms with E-state index >= 15 is 0 Å². The lowest BCUT2D eigenvalue weighted by Gasteiger charge is -2.07. The molecule has 0 radical (unpaired) electrons. The van der Waals surface area contributed by atoms with Crippen LogP contribution in [0, 0.1) is 6.92 Å². The van der Waals surface area contributed by atoms with Gasteiger partial charge in [0.15, 0.2) is 0 Å². The maximum Gasteiger partial charge on any atom is 0.328 e. The molecule has 0 aromatic carbocycles. The van der Waals surface area contributed by atoms with Crippen molar-refractivity contribution in [2.75, 3.05) is 0 Å². The molecule has 0 bridgehead atoms. The number of aromatic nitrogens is 2. The van der Waals surface area contributed by atoms with Gasteiger partial charge in [-0.05, 0) is 20.8 Å². The van der Waals surface area contributed by atoms with Gasteiger partial charge in [-0.3, -0.25) is 9.48 Å². The van der Waals surface area contributed by atoms with E-state index in [1.165, 1.54) is 4.68 Å². The third-order valence-corrected chi connectivity index (χ3v) is 1.92. The first-order valence-electron chi connectivity index (χ1n) is 4.38. The molecule has 0 saturated carbocycles. The van der Waals surface area contributed by atoms with E-state index in [2.05, 4.69) is 5.10 Å². The van der Waals surface area contributed by atoms with Gasteiger partial charge in [-0.15, -0.1) is 0 Å². The second kappa shape index (κ2) is 4.46. The fourth-order valence-electron chi connectivity index (χ4n) is 1.01. The molecule has 0 unspecified atom stereocenters. The lowest BCUT2D eigenvalue weighted by molar-refractivity contribution is -0.148. The average molecular weight is 217 g/mol. The third kappa shape index (κ3) is 3.03. The van der Waals surface area contributed by atoms with Crippen molar-refractivity contribution in [3.63, 3.8) is 0 Å². The largest absolute Gasteiger partial charge is 0.462 e. The standard InChI is InChI=1S/C9H13ClN2O2/c1-6(2)14-9(13)5-12-4-8(10)7(3)11-12/h4,6H,5H2,1-3H3. The van der Waals surface area contributed by atoms with Gasteiger partial charge in [0.25, 0.3) is 0 Å². The van der Waals surface area contributed by atoms with Crippen molar-refractivity contribution in [3.05, 3.63) is 16.9 Å². The number of hydrogen-bond donors (Lipinski definition) is 0. The number of esters is 1. The van der Waals surface area contributed by atoms with E-state index in [1.54, 1.807) is 27.0 Å². The predicted molar refractivity (Wildman–Crippen MR) is 53.2 cm³/mol. The van der Waals surface area contributed by atoms with Gasteiger partial charge in [-0.1, -0.05) is 11.6 Å². The molecule has 0 aliphatic carbocycles. The summed E-state index contributed by atoms with van der Waals surface area (Å²) in [6, 6.07) is 0. The highest BCUT2D eigenvalue weighted by atomic mass is 35.5. The number of aryl methyl sites for hydroxylation is 1. The van der Waals surface area contributed by atoms with E-state index in [1.807, 2.05) is 0 Å².